The Labute approximate surface area is 132 Å². The van der Waals surface area contributed by atoms with Crippen molar-refractivity contribution in [3.05, 3.63) is 53.8 Å². The van der Waals surface area contributed by atoms with E-state index in [0.717, 1.165) is 18.2 Å². The van der Waals surface area contributed by atoms with E-state index in [2.05, 4.69) is 4.72 Å². The molecule has 0 aromatic heterocycles. The predicted molar refractivity (Wildman–Crippen MR) is 81.8 cm³/mol. The lowest BCUT2D eigenvalue weighted by Gasteiger charge is -2.10. The van der Waals surface area contributed by atoms with E-state index in [9.17, 15) is 17.6 Å². The van der Waals surface area contributed by atoms with E-state index in [1.807, 2.05) is 0 Å². The summed E-state index contributed by atoms with van der Waals surface area (Å²) in [6, 6.07) is 8.38. The topological polar surface area (TPSA) is 92.7 Å². The van der Waals surface area contributed by atoms with Crippen molar-refractivity contribution in [2.75, 3.05) is 11.3 Å². The number of halogens is 1. The number of rotatable bonds is 6. The van der Waals surface area contributed by atoms with Crippen LogP contribution in [0.4, 0.5) is 10.1 Å². The molecule has 0 unspecified atom stereocenters. The number of carboxylic acid groups (broad SMARTS) is 1. The van der Waals surface area contributed by atoms with Crippen molar-refractivity contribution in [1.29, 1.82) is 0 Å². The number of nitrogens with one attached hydrogen (secondary N) is 1. The van der Waals surface area contributed by atoms with E-state index in [0.29, 0.717) is 0 Å². The van der Waals surface area contributed by atoms with Gasteiger partial charge in [0, 0.05) is 6.07 Å². The maximum Gasteiger partial charge on any atom is 0.335 e. The lowest BCUT2D eigenvalue weighted by atomic mass is 10.2. The quantitative estimate of drug-likeness (QED) is 0.844. The van der Waals surface area contributed by atoms with Crippen molar-refractivity contribution in [3.8, 4) is 5.75 Å². The summed E-state index contributed by atoms with van der Waals surface area (Å²) in [7, 11) is -3.95. The van der Waals surface area contributed by atoms with Crippen LogP contribution in [0, 0.1) is 5.82 Å². The highest BCUT2D eigenvalue weighted by molar-refractivity contribution is 7.92. The van der Waals surface area contributed by atoms with Crippen LogP contribution in [0.2, 0.25) is 0 Å². The second kappa shape index (κ2) is 6.66. The highest BCUT2D eigenvalue weighted by Crippen LogP contribution is 2.23. The zero-order valence-corrected chi connectivity index (χ0v) is 12.9. The van der Waals surface area contributed by atoms with Gasteiger partial charge in [0.2, 0.25) is 0 Å². The molecular formula is C15H14FNO5S. The molecule has 2 aromatic carbocycles. The van der Waals surface area contributed by atoms with E-state index < -0.39 is 21.8 Å². The number of sulfonamides is 1. The molecule has 23 heavy (non-hydrogen) atoms. The number of benzene rings is 2. The van der Waals surface area contributed by atoms with Crippen LogP contribution < -0.4 is 9.46 Å². The van der Waals surface area contributed by atoms with Crippen molar-refractivity contribution in [2.45, 2.75) is 11.8 Å². The molecule has 8 heteroatoms. The SMILES string of the molecule is CCOc1ccc(NS(=O)(=O)c2ccc(C(=O)O)cc2)cc1F. The van der Waals surface area contributed by atoms with Gasteiger partial charge in [0.05, 0.1) is 22.8 Å². The van der Waals surface area contributed by atoms with Crippen LogP contribution in [-0.2, 0) is 10.0 Å². The largest absolute Gasteiger partial charge is 0.491 e. The van der Waals surface area contributed by atoms with E-state index in [1.54, 1.807) is 6.92 Å². The first-order valence-corrected chi connectivity index (χ1v) is 8.10. The fourth-order valence-electron chi connectivity index (χ4n) is 1.83. The maximum absolute atomic E-state index is 13.7. The Kier molecular flexibility index (Phi) is 4.85. The molecule has 0 atom stereocenters. The summed E-state index contributed by atoms with van der Waals surface area (Å²) in [5.74, 6) is -1.81. The molecule has 122 valence electrons. The van der Waals surface area contributed by atoms with E-state index in [-0.39, 0.29) is 28.5 Å². The summed E-state index contributed by atoms with van der Waals surface area (Å²) < 4.78 is 45.4. The van der Waals surface area contributed by atoms with Gasteiger partial charge >= 0.3 is 5.97 Å². The van der Waals surface area contributed by atoms with Crippen LogP contribution >= 0.6 is 0 Å². The van der Waals surface area contributed by atoms with Gasteiger partial charge in [0.15, 0.2) is 11.6 Å². The van der Waals surface area contributed by atoms with Crippen LogP contribution in [0.1, 0.15) is 17.3 Å². The van der Waals surface area contributed by atoms with Crippen LogP contribution in [0.5, 0.6) is 5.75 Å². The predicted octanol–water partition coefficient (Wildman–Crippen LogP) is 2.72. The number of hydrogen-bond donors (Lipinski definition) is 2. The Bertz CT molecular complexity index is 818. The first kappa shape index (κ1) is 16.8. The molecular weight excluding hydrogens is 325 g/mol. The van der Waals surface area contributed by atoms with Crippen molar-refractivity contribution in [1.82, 2.24) is 0 Å². The summed E-state index contributed by atoms with van der Waals surface area (Å²) in [5, 5.41) is 8.80. The number of carboxylic acids is 1. The Morgan fingerprint density at radius 3 is 2.39 bits per heavy atom. The molecule has 0 heterocycles. The van der Waals surface area contributed by atoms with Crippen LogP contribution in [-0.4, -0.2) is 26.1 Å². The lowest BCUT2D eigenvalue weighted by Crippen LogP contribution is -2.13. The Balaban J connectivity index is 2.24. The smallest absolute Gasteiger partial charge is 0.335 e. The molecule has 2 aromatic rings. The second-order valence-electron chi connectivity index (χ2n) is 4.51. The molecule has 6 nitrogen and oxygen atoms in total. The molecule has 0 aliphatic rings. The van der Waals surface area contributed by atoms with E-state index in [4.69, 9.17) is 9.84 Å². The third-order valence-corrected chi connectivity index (χ3v) is 4.29. The molecule has 0 saturated carbocycles. The van der Waals surface area contributed by atoms with Gasteiger partial charge in [-0.05, 0) is 43.3 Å². The van der Waals surface area contributed by atoms with Crippen molar-refractivity contribution in [3.63, 3.8) is 0 Å². The fraction of sp³-hybridized carbons (Fsp3) is 0.133. The fourth-order valence-corrected chi connectivity index (χ4v) is 2.88. The molecule has 2 rings (SSSR count). The van der Waals surface area contributed by atoms with E-state index >= 15 is 0 Å². The standard InChI is InChI=1S/C15H14FNO5S/c1-2-22-14-8-5-11(9-13(14)16)17-23(20,21)12-6-3-10(4-7-12)15(18)19/h3-9,17H,2H2,1H3,(H,18,19). The highest BCUT2D eigenvalue weighted by Gasteiger charge is 2.16. The van der Waals surface area contributed by atoms with Gasteiger partial charge in [-0.1, -0.05) is 0 Å². The second-order valence-corrected chi connectivity index (χ2v) is 6.20. The third kappa shape index (κ3) is 3.98. The molecule has 0 spiro atoms. The van der Waals surface area contributed by atoms with Crippen molar-refractivity contribution >= 4 is 21.7 Å². The molecule has 0 saturated heterocycles. The third-order valence-electron chi connectivity index (χ3n) is 2.90. The highest BCUT2D eigenvalue weighted by atomic mass is 32.2. The van der Waals surface area contributed by atoms with Crippen LogP contribution in [0.25, 0.3) is 0 Å². The molecule has 0 bridgehead atoms. The first-order valence-electron chi connectivity index (χ1n) is 6.62. The van der Waals surface area contributed by atoms with Gasteiger partial charge in [-0.3, -0.25) is 4.72 Å². The Morgan fingerprint density at radius 1 is 1.22 bits per heavy atom. The van der Waals surface area contributed by atoms with Crippen molar-refractivity contribution < 1.29 is 27.4 Å². The molecule has 2 N–H and O–H groups in total. The summed E-state index contributed by atoms with van der Waals surface area (Å²) in [6.07, 6.45) is 0. The number of aromatic carboxylic acids is 1. The van der Waals surface area contributed by atoms with E-state index in [1.165, 1.54) is 24.3 Å². The zero-order valence-electron chi connectivity index (χ0n) is 12.1. The van der Waals surface area contributed by atoms with Gasteiger partial charge in [-0.25, -0.2) is 17.6 Å². The average Bonchev–Trinajstić information content (AvgIpc) is 2.50. The monoisotopic (exact) mass is 339 g/mol. The van der Waals surface area contributed by atoms with Crippen molar-refractivity contribution in [2.24, 2.45) is 0 Å². The molecule has 0 amide bonds. The minimum absolute atomic E-state index is 0.0289. The van der Waals surface area contributed by atoms with Gasteiger partial charge < -0.3 is 9.84 Å². The zero-order chi connectivity index (χ0) is 17.0. The summed E-state index contributed by atoms with van der Waals surface area (Å²) in [5.41, 5.74) is 0.00401. The summed E-state index contributed by atoms with van der Waals surface area (Å²) >= 11 is 0. The lowest BCUT2D eigenvalue weighted by molar-refractivity contribution is 0.0696. The number of carbonyl (C=O) groups is 1. The number of anilines is 1. The minimum atomic E-state index is -3.95. The first-order chi connectivity index (χ1) is 10.8. The molecule has 0 fully saturated rings. The number of hydrogen-bond acceptors (Lipinski definition) is 4. The minimum Gasteiger partial charge on any atom is -0.491 e. The summed E-state index contributed by atoms with van der Waals surface area (Å²) in [4.78, 5) is 10.6. The Morgan fingerprint density at radius 2 is 1.87 bits per heavy atom. The van der Waals surface area contributed by atoms with Crippen LogP contribution in [0.3, 0.4) is 0 Å². The molecule has 0 aliphatic carbocycles. The maximum atomic E-state index is 13.7. The van der Waals surface area contributed by atoms with Gasteiger partial charge in [0.25, 0.3) is 10.0 Å². The van der Waals surface area contributed by atoms with Gasteiger partial charge in [-0.15, -0.1) is 0 Å². The summed E-state index contributed by atoms with van der Waals surface area (Å²) in [6.45, 7) is 1.99. The average molecular weight is 339 g/mol. The Hall–Kier alpha value is -2.61. The van der Waals surface area contributed by atoms with Crippen LogP contribution in [0.15, 0.2) is 47.4 Å². The normalized spacial score (nSPS) is 11.0. The molecule has 0 aliphatic heterocycles. The van der Waals surface area contributed by atoms with Gasteiger partial charge in [-0.2, -0.15) is 0 Å². The van der Waals surface area contributed by atoms with Gasteiger partial charge in [0.1, 0.15) is 0 Å². The molecule has 0 radical (unpaired) electrons. The number of ether oxygens (including phenoxy) is 1.